The monoisotopic (exact) mass is 281 g/mol. The second-order valence-corrected chi connectivity index (χ2v) is 4.58. The fourth-order valence-corrected chi connectivity index (χ4v) is 1.99. The van der Waals surface area contributed by atoms with Crippen LogP contribution in [0.3, 0.4) is 0 Å². The number of nitrogen functional groups attached to an aromatic ring is 1. The van der Waals surface area contributed by atoms with Crippen molar-refractivity contribution < 1.29 is 4.74 Å². The summed E-state index contributed by atoms with van der Waals surface area (Å²) in [6.07, 6.45) is 1.05. The van der Waals surface area contributed by atoms with Gasteiger partial charge in [-0.25, -0.2) is 4.98 Å². The van der Waals surface area contributed by atoms with Crippen LogP contribution in [0.2, 0.25) is 0 Å². The summed E-state index contributed by atoms with van der Waals surface area (Å²) in [5.41, 5.74) is 6.50. The first-order valence-electron chi connectivity index (χ1n) is 7.35. The van der Waals surface area contributed by atoms with Gasteiger partial charge in [0.05, 0.1) is 6.61 Å². The average molecular weight is 281 g/mol. The quantitative estimate of drug-likeness (QED) is 0.673. The van der Waals surface area contributed by atoms with Crippen LogP contribution < -0.4 is 15.8 Å². The van der Waals surface area contributed by atoms with Crippen LogP contribution in [-0.4, -0.2) is 47.7 Å². The fourth-order valence-electron chi connectivity index (χ4n) is 1.99. The third-order valence-corrected chi connectivity index (χ3v) is 3.14. The van der Waals surface area contributed by atoms with Gasteiger partial charge in [-0.05, 0) is 39.9 Å². The number of nitrogens with two attached hydrogens (primary N) is 1. The fraction of sp³-hybridized carbons (Fsp3) is 0.714. The predicted octanol–water partition coefficient (Wildman–Crippen LogP) is 1.91. The Kier molecular flexibility index (Phi) is 7.08. The van der Waals surface area contributed by atoms with E-state index in [9.17, 15) is 0 Å². The minimum Gasteiger partial charge on any atom is -0.476 e. The van der Waals surface area contributed by atoms with Gasteiger partial charge in [0.1, 0.15) is 11.5 Å². The third kappa shape index (κ3) is 4.85. The van der Waals surface area contributed by atoms with Crippen LogP contribution in [0.4, 0.5) is 11.5 Å². The highest BCUT2D eigenvalue weighted by molar-refractivity contribution is 5.66. The number of anilines is 2. The Morgan fingerprint density at radius 2 is 1.90 bits per heavy atom. The predicted molar refractivity (Wildman–Crippen MR) is 83.2 cm³/mol. The third-order valence-electron chi connectivity index (χ3n) is 3.14. The van der Waals surface area contributed by atoms with E-state index in [1.807, 2.05) is 13.8 Å². The number of hydrogen-bond acceptors (Lipinski definition) is 6. The zero-order valence-electron chi connectivity index (χ0n) is 13.1. The summed E-state index contributed by atoms with van der Waals surface area (Å²) in [6, 6.07) is 0. The first-order valence-corrected chi connectivity index (χ1v) is 7.35. The molecule has 0 bridgehead atoms. The lowest BCUT2D eigenvalue weighted by atomic mass is 10.3. The lowest BCUT2D eigenvalue weighted by molar-refractivity contribution is 0.303. The van der Waals surface area contributed by atoms with Gasteiger partial charge in [0.25, 0.3) is 0 Å². The number of aryl methyl sites for hydroxylation is 1. The normalized spacial score (nSPS) is 10.8. The van der Waals surface area contributed by atoms with E-state index in [2.05, 4.69) is 34.0 Å². The van der Waals surface area contributed by atoms with Gasteiger partial charge in [-0.1, -0.05) is 13.8 Å². The van der Waals surface area contributed by atoms with Crippen molar-refractivity contribution in [2.45, 2.75) is 34.1 Å². The van der Waals surface area contributed by atoms with E-state index >= 15 is 0 Å². The van der Waals surface area contributed by atoms with Crippen LogP contribution in [0.15, 0.2) is 0 Å². The minimum atomic E-state index is 0.464. The lowest BCUT2D eigenvalue weighted by Gasteiger charge is -2.18. The molecule has 0 radical (unpaired) electrons. The van der Waals surface area contributed by atoms with Crippen molar-refractivity contribution in [3.05, 3.63) is 5.82 Å². The summed E-state index contributed by atoms with van der Waals surface area (Å²) in [5, 5.41) is 3.27. The molecule has 1 aromatic heterocycles. The van der Waals surface area contributed by atoms with E-state index in [1.54, 1.807) is 0 Å². The van der Waals surface area contributed by atoms with Crippen molar-refractivity contribution in [2.75, 3.05) is 43.8 Å². The number of nitrogens with zero attached hydrogens (tertiary/aromatic N) is 3. The van der Waals surface area contributed by atoms with E-state index in [0.29, 0.717) is 29.8 Å². The number of ether oxygens (including phenoxy) is 1. The van der Waals surface area contributed by atoms with E-state index in [4.69, 9.17) is 10.5 Å². The lowest BCUT2D eigenvalue weighted by Crippen LogP contribution is -2.25. The topological polar surface area (TPSA) is 76.3 Å². The zero-order chi connectivity index (χ0) is 15.0. The Bertz CT molecular complexity index is 407. The van der Waals surface area contributed by atoms with Gasteiger partial charge in [0, 0.05) is 6.54 Å². The maximum atomic E-state index is 6.01. The molecule has 0 aliphatic heterocycles. The highest BCUT2D eigenvalue weighted by Crippen LogP contribution is 2.25. The van der Waals surface area contributed by atoms with Crippen LogP contribution in [0, 0.1) is 6.92 Å². The van der Waals surface area contributed by atoms with Crippen LogP contribution >= 0.6 is 0 Å². The molecule has 0 aliphatic carbocycles. The van der Waals surface area contributed by atoms with Gasteiger partial charge < -0.3 is 20.7 Å². The molecular weight excluding hydrogens is 254 g/mol. The van der Waals surface area contributed by atoms with Crippen LogP contribution in [0.5, 0.6) is 5.88 Å². The molecule has 6 nitrogen and oxygen atoms in total. The minimum absolute atomic E-state index is 0.464. The molecule has 1 rings (SSSR count). The molecule has 0 saturated carbocycles. The number of aromatic nitrogens is 2. The number of rotatable bonds is 9. The summed E-state index contributed by atoms with van der Waals surface area (Å²) in [6.45, 7) is 12.7. The molecule has 114 valence electrons. The molecule has 20 heavy (non-hydrogen) atoms. The molecule has 0 spiro atoms. The molecule has 1 heterocycles. The standard InChI is InChI=1S/C14H27N5O/c1-5-19(6-2)10-8-9-16-13-12(15)14(20-7-3)18-11(4)17-13/h5-10,15H2,1-4H3,(H,16,17,18). The Morgan fingerprint density at radius 3 is 2.50 bits per heavy atom. The molecule has 0 fully saturated rings. The summed E-state index contributed by atoms with van der Waals surface area (Å²) in [7, 11) is 0. The molecule has 0 saturated heterocycles. The van der Waals surface area contributed by atoms with Crippen molar-refractivity contribution in [3.63, 3.8) is 0 Å². The number of hydrogen-bond donors (Lipinski definition) is 2. The van der Waals surface area contributed by atoms with E-state index in [-0.39, 0.29) is 0 Å². The molecule has 0 unspecified atom stereocenters. The zero-order valence-corrected chi connectivity index (χ0v) is 13.1. The maximum absolute atomic E-state index is 6.01. The van der Waals surface area contributed by atoms with Gasteiger partial charge in [0.2, 0.25) is 5.88 Å². The average Bonchev–Trinajstić information content (AvgIpc) is 2.44. The Labute approximate surface area is 121 Å². The van der Waals surface area contributed by atoms with Crippen LogP contribution in [-0.2, 0) is 0 Å². The van der Waals surface area contributed by atoms with Crippen LogP contribution in [0.25, 0.3) is 0 Å². The first-order chi connectivity index (χ1) is 9.62. The molecular formula is C14H27N5O. The molecule has 1 aromatic rings. The number of nitrogens with one attached hydrogen (secondary N) is 1. The van der Waals surface area contributed by atoms with E-state index in [1.165, 1.54) is 0 Å². The largest absolute Gasteiger partial charge is 0.476 e. The molecule has 0 atom stereocenters. The van der Waals surface area contributed by atoms with E-state index < -0.39 is 0 Å². The Hall–Kier alpha value is -1.56. The molecule has 0 amide bonds. The summed E-state index contributed by atoms with van der Waals surface area (Å²) < 4.78 is 5.41. The van der Waals surface area contributed by atoms with Crippen molar-refractivity contribution in [1.82, 2.24) is 14.9 Å². The summed E-state index contributed by atoms with van der Waals surface area (Å²) in [4.78, 5) is 10.9. The summed E-state index contributed by atoms with van der Waals surface area (Å²) >= 11 is 0. The second-order valence-electron chi connectivity index (χ2n) is 4.58. The van der Waals surface area contributed by atoms with Gasteiger partial charge in [0.15, 0.2) is 5.82 Å². The maximum Gasteiger partial charge on any atom is 0.242 e. The van der Waals surface area contributed by atoms with Gasteiger partial charge >= 0.3 is 0 Å². The molecule has 6 heteroatoms. The smallest absolute Gasteiger partial charge is 0.242 e. The van der Waals surface area contributed by atoms with Crippen molar-refractivity contribution in [3.8, 4) is 5.88 Å². The molecule has 0 aliphatic rings. The SMILES string of the molecule is CCOc1nc(C)nc(NCCCN(CC)CC)c1N. The second kappa shape index (κ2) is 8.58. The van der Waals surface area contributed by atoms with Crippen molar-refractivity contribution in [1.29, 1.82) is 0 Å². The van der Waals surface area contributed by atoms with Gasteiger partial charge in [-0.3, -0.25) is 0 Å². The highest BCUT2D eigenvalue weighted by atomic mass is 16.5. The van der Waals surface area contributed by atoms with Crippen LogP contribution in [0.1, 0.15) is 33.0 Å². The molecule has 3 N–H and O–H groups in total. The Balaban J connectivity index is 2.55. The van der Waals surface area contributed by atoms with Crippen molar-refractivity contribution >= 4 is 11.5 Å². The first kappa shape index (κ1) is 16.5. The van der Waals surface area contributed by atoms with Gasteiger partial charge in [-0.15, -0.1) is 0 Å². The Morgan fingerprint density at radius 1 is 1.20 bits per heavy atom. The summed E-state index contributed by atoms with van der Waals surface area (Å²) in [5.74, 6) is 1.79. The van der Waals surface area contributed by atoms with E-state index in [0.717, 1.165) is 32.6 Å². The van der Waals surface area contributed by atoms with Gasteiger partial charge in [-0.2, -0.15) is 4.98 Å². The highest BCUT2D eigenvalue weighted by Gasteiger charge is 2.10. The molecule has 0 aromatic carbocycles. The van der Waals surface area contributed by atoms with Crippen molar-refractivity contribution in [2.24, 2.45) is 0 Å².